The van der Waals surface area contributed by atoms with E-state index < -0.39 is 0 Å². The second-order valence-electron chi connectivity index (χ2n) is 7.25. The number of rotatable bonds is 6. The lowest BCUT2D eigenvalue weighted by Crippen LogP contribution is -2.32. The van der Waals surface area contributed by atoms with Gasteiger partial charge in [-0.25, -0.2) is 4.98 Å². The third kappa shape index (κ3) is 4.33. The molecule has 6 heteroatoms. The van der Waals surface area contributed by atoms with Crippen LogP contribution in [0.3, 0.4) is 0 Å². The Bertz CT molecular complexity index is 1170. The Balaban J connectivity index is 1.68. The highest BCUT2D eigenvalue weighted by Crippen LogP contribution is 2.32. The number of hydrogen-bond donors (Lipinski definition) is 0. The fraction of sp³-hybridized carbons (Fsp3) is 0.208. The van der Waals surface area contributed by atoms with E-state index in [1.165, 1.54) is 5.56 Å². The first kappa shape index (κ1) is 20.0. The van der Waals surface area contributed by atoms with Gasteiger partial charge in [0.25, 0.3) is 0 Å². The van der Waals surface area contributed by atoms with E-state index in [2.05, 4.69) is 31.0 Å². The maximum absolute atomic E-state index is 13.3. The van der Waals surface area contributed by atoms with Gasteiger partial charge in [-0.3, -0.25) is 14.7 Å². The number of carbonyl (C=O) groups is 1. The van der Waals surface area contributed by atoms with Crippen molar-refractivity contribution < 1.29 is 9.53 Å². The van der Waals surface area contributed by atoms with E-state index in [1.54, 1.807) is 29.5 Å². The molecule has 0 saturated carbocycles. The highest BCUT2D eigenvalue weighted by molar-refractivity contribution is 7.22. The first-order chi connectivity index (χ1) is 14.5. The molecule has 0 spiro atoms. The van der Waals surface area contributed by atoms with Crippen molar-refractivity contribution in [1.29, 1.82) is 0 Å². The number of methoxy groups -OCH3 is 1. The van der Waals surface area contributed by atoms with Gasteiger partial charge in [0, 0.05) is 6.20 Å². The lowest BCUT2D eigenvalue weighted by Gasteiger charge is -2.19. The zero-order valence-corrected chi connectivity index (χ0v) is 18.1. The third-order valence-electron chi connectivity index (χ3n) is 4.91. The Labute approximate surface area is 180 Å². The molecule has 0 saturated heterocycles. The second kappa shape index (κ2) is 8.63. The minimum absolute atomic E-state index is 0.0146. The van der Waals surface area contributed by atoms with Gasteiger partial charge >= 0.3 is 0 Å². The van der Waals surface area contributed by atoms with E-state index in [-0.39, 0.29) is 12.3 Å². The molecule has 0 N–H and O–H groups in total. The number of fused-ring (bicyclic) bond motifs is 1. The van der Waals surface area contributed by atoms with E-state index >= 15 is 0 Å². The van der Waals surface area contributed by atoms with Crippen LogP contribution in [-0.2, 0) is 17.8 Å². The predicted octanol–water partition coefficient (Wildman–Crippen LogP) is 5.09. The zero-order chi connectivity index (χ0) is 21.1. The number of thiazole rings is 1. The first-order valence-electron chi connectivity index (χ1n) is 9.74. The number of ether oxygens (including phenoxy) is 1. The average Bonchev–Trinajstić information content (AvgIpc) is 3.17. The van der Waals surface area contributed by atoms with Crippen LogP contribution in [0.5, 0.6) is 5.75 Å². The molecule has 2 aromatic heterocycles. The van der Waals surface area contributed by atoms with Crippen LogP contribution in [0.25, 0.3) is 10.2 Å². The Morgan fingerprint density at radius 1 is 1.10 bits per heavy atom. The SMILES string of the molecule is COc1ccc(CC(=O)N(Cc2ccccn2)c2nc3c(C)cc(C)cc3s2)cc1. The molecule has 5 nitrogen and oxygen atoms in total. The highest BCUT2D eigenvalue weighted by Gasteiger charge is 2.21. The van der Waals surface area contributed by atoms with Gasteiger partial charge in [0.2, 0.25) is 5.91 Å². The van der Waals surface area contributed by atoms with Crippen LogP contribution >= 0.6 is 11.3 Å². The van der Waals surface area contributed by atoms with Crippen LogP contribution in [0.2, 0.25) is 0 Å². The Morgan fingerprint density at radius 2 is 1.90 bits per heavy atom. The Hall–Kier alpha value is -3.25. The average molecular weight is 418 g/mol. The van der Waals surface area contributed by atoms with Gasteiger partial charge in [0.05, 0.1) is 36.0 Å². The van der Waals surface area contributed by atoms with E-state index in [1.807, 2.05) is 42.5 Å². The van der Waals surface area contributed by atoms with E-state index in [0.717, 1.165) is 32.8 Å². The summed E-state index contributed by atoms with van der Waals surface area (Å²) in [6, 6.07) is 17.5. The summed E-state index contributed by atoms with van der Waals surface area (Å²) in [6.45, 7) is 4.51. The monoisotopic (exact) mass is 417 g/mol. The van der Waals surface area contributed by atoms with Gasteiger partial charge < -0.3 is 4.74 Å². The van der Waals surface area contributed by atoms with E-state index in [0.29, 0.717) is 11.7 Å². The number of aromatic nitrogens is 2. The summed E-state index contributed by atoms with van der Waals surface area (Å²) in [7, 11) is 1.63. The summed E-state index contributed by atoms with van der Waals surface area (Å²) >= 11 is 1.54. The zero-order valence-electron chi connectivity index (χ0n) is 17.3. The molecular weight excluding hydrogens is 394 g/mol. The van der Waals surface area contributed by atoms with Gasteiger partial charge in [-0.1, -0.05) is 35.6 Å². The molecule has 0 radical (unpaired) electrons. The van der Waals surface area contributed by atoms with Crippen LogP contribution in [0.1, 0.15) is 22.4 Å². The lowest BCUT2D eigenvalue weighted by molar-refractivity contribution is -0.118. The molecule has 0 aliphatic rings. The molecule has 0 unspecified atom stereocenters. The number of nitrogens with zero attached hydrogens (tertiary/aromatic N) is 3. The minimum Gasteiger partial charge on any atom is -0.497 e. The number of carbonyl (C=O) groups excluding carboxylic acids is 1. The summed E-state index contributed by atoms with van der Waals surface area (Å²) in [5, 5.41) is 0.697. The van der Waals surface area contributed by atoms with Gasteiger partial charge in [0.1, 0.15) is 5.75 Å². The molecule has 2 aromatic carbocycles. The molecule has 4 rings (SSSR count). The third-order valence-corrected chi connectivity index (χ3v) is 5.94. The molecule has 0 aliphatic heterocycles. The first-order valence-corrected chi connectivity index (χ1v) is 10.6. The number of hydrogen-bond acceptors (Lipinski definition) is 5. The molecule has 152 valence electrons. The van der Waals surface area contributed by atoms with Gasteiger partial charge in [-0.05, 0) is 60.9 Å². The summed E-state index contributed by atoms with van der Waals surface area (Å²) in [6.07, 6.45) is 2.03. The van der Waals surface area contributed by atoms with Crippen molar-refractivity contribution in [2.24, 2.45) is 0 Å². The fourth-order valence-electron chi connectivity index (χ4n) is 3.40. The number of amides is 1. The summed E-state index contributed by atoms with van der Waals surface area (Å²) in [5.41, 5.74) is 5.01. The topological polar surface area (TPSA) is 55.3 Å². The Kier molecular flexibility index (Phi) is 5.77. The van der Waals surface area contributed by atoms with E-state index in [4.69, 9.17) is 9.72 Å². The highest BCUT2D eigenvalue weighted by atomic mass is 32.1. The molecule has 0 fully saturated rings. The molecule has 2 heterocycles. The van der Waals surface area contributed by atoms with Gasteiger partial charge in [0.15, 0.2) is 5.13 Å². The number of anilines is 1. The number of benzene rings is 2. The van der Waals surface area contributed by atoms with Gasteiger partial charge in [-0.15, -0.1) is 0 Å². The second-order valence-corrected chi connectivity index (χ2v) is 8.26. The summed E-state index contributed by atoms with van der Waals surface area (Å²) in [4.78, 5) is 24.3. The Morgan fingerprint density at radius 3 is 2.60 bits per heavy atom. The molecular formula is C24H23N3O2S. The van der Waals surface area contributed by atoms with Crippen molar-refractivity contribution in [2.75, 3.05) is 12.0 Å². The van der Waals surface area contributed by atoms with Crippen molar-refractivity contribution in [3.63, 3.8) is 0 Å². The van der Waals surface area contributed by atoms with Crippen molar-refractivity contribution in [3.05, 3.63) is 83.2 Å². The van der Waals surface area contributed by atoms with Crippen LogP contribution in [0.4, 0.5) is 5.13 Å². The molecule has 0 aliphatic carbocycles. The molecule has 1 amide bonds. The summed E-state index contributed by atoms with van der Waals surface area (Å²) < 4.78 is 6.30. The van der Waals surface area contributed by atoms with Crippen LogP contribution in [0.15, 0.2) is 60.8 Å². The summed E-state index contributed by atoms with van der Waals surface area (Å²) in [5.74, 6) is 0.757. The van der Waals surface area contributed by atoms with Crippen molar-refractivity contribution in [3.8, 4) is 5.75 Å². The molecule has 30 heavy (non-hydrogen) atoms. The van der Waals surface area contributed by atoms with Gasteiger partial charge in [-0.2, -0.15) is 0 Å². The smallest absolute Gasteiger partial charge is 0.233 e. The standard InChI is InChI=1S/C24H23N3O2S/c1-16-12-17(2)23-21(13-16)30-24(26-23)27(15-19-6-4-5-11-25-19)22(28)14-18-7-9-20(29-3)10-8-18/h4-13H,14-15H2,1-3H3. The van der Waals surface area contributed by atoms with Crippen molar-refractivity contribution in [1.82, 2.24) is 9.97 Å². The molecule has 4 aromatic rings. The normalized spacial score (nSPS) is 10.9. The van der Waals surface area contributed by atoms with Crippen LogP contribution < -0.4 is 9.64 Å². The number of pyridine rings is 1. The van der Waals surface area contributed by atoms with E-state index in [9.17, 15) is 4.79 Å². The fourth-order valence-corrected chi connectivity index (χ4v) is 4.56. The quantitative estimate of drug-likeness (QED) is 0.438. The lowest BCUT2D eigenvalue weighted by atomic mass is 10.1. The number of aryl methyl sites for hydroxylation is 2. The largest absolute Gasteiger partial charge is 0.497 e. The maximum Gasteiger partial charge on any atom is 0.233 e. The van der Waals surface area contributed by atoms with Crippen LogP contribution in [-0.4, -0.2) is 23.0 Å². The minimum atomic E-state index is -0.0146. The van der Waals surface area contributed by atoms with Crippen LogP contribution in [0, 0.1) is 13.8 Å². The van der Waals surface area contributed by atoms with Crippen molar-refractivity contribution >= 4 is 32.6 Å². The molecule has 0 atom stereocenters. The predicted molar refractivity (Wildman–Crippen MR) is 121 cm³/mol. The maximum atomic E-state index is 13.3. The van der Waals surface area contributed by atoms with Crippen molar-refractivity contribution in [2.45, 2.75) is 26.8 Å². The molecule has 0 bridgehead atoms.